The number of methoxy groups -OCH3 is 1. The summed E-state index contributed by atoms with van der Waals surface area (Å²) >= 11 is 0. The molecule has 1 amide bonds. The third-order valence-electron chi connectivity index (χ3n) is 5.93. The second-order valence-corrected chi connectivity index (χ2v) is 7.99. The van der Waals surface area contributed by atoms with Gasteiger partial charge in [0.2, 0.25) is 5.82 Å². The molecule has 0 atom stereocenters. The first-order valence-electron chi connectivity index (χ1n) is 10.7. The Morgan fingerprint density at radius 2 is 1.77 bits per heavy atom. The molecule has 162 valence electrons. The van der Waals surface area contributed by atoms with Crippen molar-refractivity contribution in [3.63, 3.8) is 0 Å². The van der Waals surface area contributed by atoms with Gasteiger partial charge in [-0.1, -0.05) is 12.1 Å². The molecule has 0 radical (unpaired) electrons. The third-order valence-corrected chi connectivity index (χ3v) is 5.93. The quantitative estimate of drug-likeness (QED) is 0.597. The fraction of sp³-hybridized carbons (Fsp3) is 0.375. The number of ether oxygens (including phenoxy) is 1. The molecule has 0 bridgehead atoms. The molecular weight excluding hydrogens is 395 g/mol. The Morgan fingerprint density at radius 1 is 1.10 bits per heavy atom. The molecule has 3 aromatic rings. The van der Waals surface area contributed by atoms with E-state index in [1.165, 1.54) is 17.7 Å². The maximum absolute atomic E-state index is 13.2. The van der Waals surface area contributed by atoms with Gasteiger partial charge < -0.3 is 9.64 Å². The fourth-order valence-electron chi connectivity index (χ4n) is 4.04. The van der Waals surface area contributed by atoms with Crippen LogP contribution in [0.1, 0.15) is 41.3 Å². The van der Waals surface area contributed by atoms with Crippen LogP contribution < -0.4 is 4.74 Å². The number of benzene rings is 2. The fourth-order valence-corrected chi connectivity index (χ4v) is 4.04. The number of nitrogens with zero attached hydrogens (tertiary/aromatic N) is 4. The lowest BCUT2D eigenvalue weighted by molar-refractivity contribution is 0.0674. The van der Waals surface area contributed by atoms with Crippen molar-refractivity contribution < 1.29 is 13.9 Å². The average Bonchev–Trinajstić information content (AvgIpc) is 3.20. The van der Waals surface area contributed by atoms with Crippen molar-refractivity contribution in [1.82, 2.24) is 19.7 Å². The Morgan fingerprint density at radius 3 is 2.42 bits per heavy atom. The van der Waals surface area contributed by atoms with Crippen molar-refractivity contribution in [2.75, 3.05) is 20.2 Å². The summed E-state index contributed by atoms with van der Waals surface area (Å²) in [6.07, 6.45) is 4.12. The molecule has 1 aliphatic heterocycles. The van der Waals surface area contributed by atoms with E-state index in [1.54, 1.807) is 30.8 Å². The topological polar surface area (TPSA) is 60.2 Å². The van der Waals surface area contributed by atoms with E-state index in [0.29, 0.717) is 17.4 Å². The van der Waals surface area contributed by atoms with E-state index >= 15 is 0 Å². The number of carbonyl (C=O) groups excluding carboxylic acids is 1. The Hall–Kier alpha value is -3.22. The predicted octanol–water partition coefficient (Wildman–Crippen LogP) is 4.21. The summed E-state index contributed by atoms with van der Waals surface area (Å²) in [6, 6.07) is 14.2. The number of amides is 1. The highest BCUT2D eigenvalue weighted by Crippen LogP contribution is 2.24. The monoisotopic (exact) mass is 422 g/mol. The Balaban J connectivity index is 1.32. The van der Waals surface area contributed by atoms with Gasteiger partial charge in [0, 0.05) is 13.1 Å². The van der Waals surface area contributed by atoms with E-state index in [2.05, 4.69) is 22.2 Å². The van der Waals surface area contributed by atoms with E-state index in [0.717, 1.165) is 44.5 Å². The van der Waals surface area contributed by atoms with Crippen molar-refractivity contribution in [3.05, 3.63) is 71.6 Å². The molecule has 7 heteroatoms. The van der Waals surface area contributed by atoms with Crippen LogP contribution >= 0.6 is 0 Å². The van der Waals surface area contributed by atoms with Gasteiger partial charge in [-0.05, 0) is 80.5 Å². The van der Waals surface area contributed by atoms with Crippen LogP contribution in [0.25, 0.3) is 5.69 Å². The first-order chi connectivity index (χ1) is 15.0. The Bertz CT molecular complexity index is 1020. The molecule has 0 aliphatic carbocycles. The average molecular weight is 423 g/mol. The van der Waals surface area contributed by atoms with Crippen molar-refractivity contribution in [2.24, 2.45) is 5.92 Å². The van der Waals surface area contributed by atoms with Crippen LogP contribution in [-0.4, -0.2) is 45.8 Å². The van der Waals surface area contributed by atoms with Gasteiger partial charge in [-0.3, -0.25) is 4.79 Å². The summed E-state index contributed by atoms with van der Waals surface area (Å²) in [6.45, 7) is 3.23. The van der Waals surface area contributed by atoms with Crippen molar-refractivity contribution >= 4 is 5.91 Å². The van der Waals surface area contributed by atoms with Crippen molar-refractivity contribution in [3.8, 4) is 11.4 Å². The smallest absolute Gasteiger partial charge is 0.293 e. The van der Waals surface area contributed by atoms with Gasteiger partial charge >= 0.3 is 0 Å². The molecule has 6 nitrogen and oxygen atoms in total. The molecule has 0 N–H and O–H groups in total. The van der Waals surface area contributed by atoms with Crippen molar-refractivity contribution in [2.45, 2.75) is 32.6 Å². The second kappa shape index (κ2) is 9.29. The van der Waals surface area contributed by atoms with Crippen LogP contribution in [0.3, 0.4) is 0 Å². The number of carbonyl (C=O) groups is 1. The summed E-state index contributed by atoms with van der Waals surface area (Å²) in [7, 11) is 1.67. The van der Waals surface area contributed by atoms with Gasteiger partial charge in [0.05, 0.1) is 12.8 Å². The van der Waals surface area contributed by atoms with E-state index in [-0.39, 0.29) is 17.5 Å². The Labute approximate surface area is 181 Å². The molecule has 2 heterocycles. The minimum Gasteiger partial charge on any atom is -0.497 e. The maximum Gasteiger partial charge on any atom is 0.293 e. The second-order valence-electron chi connectivity index (χ2n) is 7.99. The van der Waals surface area contributed by atoms with Gasteiger partial charge in [-0.2, -0.15) is 0 Å². The number of halogens is 1. The summed E-state index contributed by atoms with van der Waals surface area (Å²) in [4.78, 5) is 19.1. The van der Waals surface area contributed by atoms with Gasteiger partial charge in [-0.15, -0.1) is 5.10 Å². The van der Waals surface area contributed by atoms with E-state index in [1.807, 2.05) is 17.0 Å². The minimum atomic E-state index is -0.312. The van der Waals surface area contributed by atoms with Crippen LogP contribution in [0.2, 0.25) is 0 Å². The van der Waals surface area contributed by atoms with E-state index < -0.39 is 0 Å². The maximum atomic E-state index is 13.2. The molecule has 31 heavy (non-hydrogen) atoms. The molecular formula is C24H27FN4O2. The lowest BCUT2D eigenvalue weighted by Crippen LogP contribution is -2.39. The highest BCUT2D eigenvalue weighted by atomic mass is 19.1. The molecule has 1 fully saturated rings. The van der Waals surface area contributed by atoms with Gasteiger partial charge in [-0.25, -0.2) is 14.1 Å². The summed E-state index contributed by atoms with van der Waals surface area (Å²) in [5.74, 6) is 1.83. The minimum absolute atomic E-state index is 0.141. The number of aryl methyl sites for hydroxylation is 2. The van der Waals surface area contributed by atoms with Crippen LogP contribution in [0.15, 0.2) is 48.5 Å². The molecule has 1 aromatic heterocycles. The predicted molar refractivity (Wildman–Crippen MR) is 116 cm³/mol. The summed E-state index contributed by atoms with van der Waals surface area (Å²) in [5.41, 5.74) is 1.99. The molecule has 0 spiro atoms. The number of rotatable bonds is 6. The zero-order valence-electron chi connectivity index (χ0n) is 17.9. The number of likely N-dealkylation sites (tertiary alicyclic amines) is 1. The number of hydrogen-bond acceptors (Lipinski definition) is 4. The van der Waals surface area contributed by atoms with Gasteiger partial charge in [0.25, 0.3) is 5.91 Å². The molecule has 1 aliphatic rings. The largest absolute Gasteiger partial charge is 0.497 e. The van der Waals surface area contributed by atoms with Crippen LogP contribution in [-0.2, 0) is 6.42 Å². The molecule has 2 aromatic carbocycles. The first kappa shape index (κ1) is 21.0. The van der Waals surface area contributed by atoms with E-state index in [9.17, 15) is 9.18 Å². The Kier molecular flexibility index (Phi) is 6.30. The lowest BCUT2D eigenvalue weighted by Gasteiger charge is -2.31. The normalized spacial score (nSPS) is 14.6. The summed E-state index contributed by atoms with van der Waals surface area (Å²) in [5, 5.41) is 4.38. The molecule has 0 saturated carbocycles. The summed E-state index contributed by atoms with van der Waals surface area (Å²) < 4.78 is 20.0. The van der Waals surface area contributed by atoms with E-state index in [4.69, 9.17) is 4.74 Å². The lowest BCUT2D eigenvalue weighted by atomic mass is 9.90. The highest BCUT2D eigenvalue weighted by molar-refractivity contribution is 5.90. The highest BCUT2D eigenvalue weighted by Gasteiger charge is 2.26. The number of piperidine rings is 1. The standard InChI is InChI=1S/C24H27FN4O2/c1-17-26-23(27-29(17)21-9-7-20(25)8-10-21)24(30)28-15-13-19(14-16-28)4-3-18-5-11-22(31-2)12-6-18/h5-12,19H,3-4,13-16H2,1-2H3. The zero-order chi connectivity index (χ0) is 21.8. The number of aromatic nitrogens is 3. The third kappa shape index (κ3) is 4.93. The number of hydrogen-bond donors (Lipinski definition) is 0. The molecule has 1 saturated heterocycles. The SMILES string of the molecule is COc1ccc(CCC2CCN(C(=O)c3nc(C)n(-c4ccc(F)cc4)n3)CC2)cc1. The van der Waals surface area contributed by atoms with Crippen LogP contribution in [0.5, 0.6) is 5.75 Å². The van der Waals surface area contributed by atoms with Gasteiger partial charge in [0.1, 0.15) is 17.4 Å². The zero-order valence-corrected chi connectivity index (χ0v) is 17.9. The molecule has 4 rings (SSSR count). The molecule has 0 unspecified atom stereocenters. The van der Waals surface area contributed by atoms with Gasteiger partial charge in [0.15, 0.2) is 0 Å². The van der Waals surface area contributed by atoms with Crippen LogP contribution in [0, 0.1) is 18.7 Å². The first-order valence-corrected chi connectivity index (χ1v) is 10.7. The van der Waals surface area contributed by atoms with Crippen molar-refractivity contribution in [1.29, 1.82) is 0 Å². The van der Waals surface area contributed by atoms with Crippen LogP contribution in [0.4, 0.5) is 4.39 Å².